The van der Waals surface area contributed by atoms with E-state index in [2.05, 4.69) is 0 Å². The van der Waals surface area contributed by atoms with Gasteiger partial charge in [0, 0.05) is 5.46 Å². The first-order valence-electron chi connectivity index (χ1n) is 6.20. The van der Waals surface area contributed by atoms with Crippen molar-refractivity contribution in [3.8, 4) is 0 Å². The number of benzene rings is 1. The summed E-state index contributed by atoms with van der Waals surface area (Å²) >= 11 is 2.39. The van der Waals surface area contributed by atoms with Crippen molar-refractivity contribution < 1.29 is 22.0 Å². The Labute approximate surface area is 123 Å². The zero-order valence-corrected chi connectivity index (χ0v) is 12.7. The summed E-state index contributed by atoms with van der Waals surface area (Å²) in [5.41, 5.74) is -0.724. The summed E-state index contributed by atoms with van der Waals surface area (Å²) in [5.74, 6) is -8.14. The second-order valence-corrected chi connectivity index (χ2v) is 6.78. The average molecular weight is 328 g/mol. The molecule has 0 saturated carbocycles. The van der Waals surface area contributed by atoms with Crippen LogP contribution in [-0.4, -0.2) is 16.8 Å². The minimum atomic E-state index is -2.11. The van der Waals surface area contributed by atoms with Gasteiger partial charge in [-0.25, -0.2) is 22.0 Å². The van der Waals surface area contributed by atoms with Crippen molar-refractivity contribution in [3.63, 3.8) is 0 Å². The number of hydrogen-bond donors (Lipinski definition) is 0. The van der Waals surface area contributed by atoms with Crippen LogP contribution in [0.15, 0.2) is 0 Å². The predicted molar refractivity (Wildman–Crippen MR) is 77.1 cm³/mol. The number of halogens is 5. The molecule has 0 atom stereocenters. The summed E-state index contributed by atoms with van der Waals surface area (Å²) in [4.78, 5) is 0. The molecule has 112 valence electrons. The van der Waals surface area contributed by atoms with Crippen LogP contribution in [0, 0.1) is 29.1 Å². The van der Waals surface area contributed by atoms with Gasteiger partial charge in [-0.1, -0.05) is 13.8 Å². The molecule has 0 aliphatic carbocycles. The monoisotopic (exact) mass is 328 g/mol. The van der Waals surface area contributed by atoms with Crippen molar-refractivity contribution >= 4 is 34.0 Å². The van der Waals surface area contributed by atoms with E-state index in [1.807, 2.05) is 13.8 Å². The third-order valence-electron chi connectivity index (χ3n) is 2.43. The zero-order valence-electron chi connectivity index (χ0n) is 11.1. The highest BCUT2D eigenvalue weighted by molar-refractivity contribution is 8.55. The minimum Gasteiger partial charge on any atom is -0.204 e. The van der Waals surface area contributed by atoms with Gasteiger partial charge in [0.2, 0.25) is 0 Å². The van der Waals surface area contributed by atoms with E-state index in [1.165, 1.54) is 23.2 Å². The van der Waals surface area contributed by atoms with Crippen molar-refractivity contribution in [3.05, 3.63) is 29.1 Å². The summed E-state index contributed by atoms with van der Waals surface area (Å²) in [7, 11) is 0. The van der Waals surface area contributed by atoms with E-state index in [9.17, 15) is 22.0 Å². The molecule has 20 heavy (non-hydrogen) atoms. The molecule has 0 saturated heterocycles. The Morgan fingerprint density at radius 1 is 0.700 bits per heavy atom. The van der Waals surface area contributed by atoms with Crippen LogP contribution in [0.4, 0.5) is 22.0 Å². The van der Waals surface area contributed by atoms with Gasteiger partial charge in [-0.15, -0.1) is 0 Å². The van der Waals surface area contributed by atoms with Gasteiger partial charge in [0.25, 0.3) is 0 Å². The Kier molecular flexibility index (Phi) is 7.22. The zero-order chi connectivity index (χ0) is 15.3. The molecule has 0 aromatic heterocycles. The molecule has 0 aliphatic rings. The van der Waals surface area contributed by atoms with E-state index >= 15 is 0 Å². The fraction of sp³-hybridized carbons (Fsp3) is 0.500. The van der Waals surface area contributed by atoms with Gasteiger partial charge in [-0.2, -0.15) is 23.2 Å². The van der Waals surface area contributed by atoms with Gasteiger partial charge in [0.1, 0.15) is 0 Å². The molecule has 0 heterocycles. The van der Waals surface area contributed by atoms with Gasteiger partial charge in [-0.3, -0.25) is 0 Å². The van der Waals surface area contributed by atoms with Crippen molar-refractivity contribution in [2.75, 3.05) is 11.5 Å². The highest BCUT2D eigenvalue weighted by atomic mass is 32.2. The number of hydrogen-bond acceptors (Lipinski definition) is 2. The smallest absolute Gasteiger partial charge is 0.204 e. The summed E-state index contributed by atoms with van der Waals surface area (Å²) in [6, 6.07) is 0. The molecule has 0 amide bonds. The lowest BCUT2D eigenvalue weighted by Crippen LogP contribution is -2.34. The molecular formula is C12H14BF5S2. The van der Waals surface area contributed by atoms with Crippen molar-refractivity contribution in [2.24, 2.45) is 0 Å². The van der Waals surface area contributed by atoms with Gasteiger partial charge in [0.15, 0.2) is 29.1 Å². The van der Waals surface area contributed by atoms with Crippen LogP contribution in [0.1, 0.15) is 26.7 Å². The van der Waals surface area contributed by atoms with Crippen LogP contribution in [-0.2, 0) is 0 Å². The van der Waals surface area contributed by atoms with Crippen LogP contribution in [0.25, 0.3) is 0 Å². The SMILES string of the molecule is CCCSB(SCCC)c1c(F)c(F)c(F)c(F)c1F. The first kappa shape index (κ1) is 17.7. The lowest BCUT2D eigenvalue weighted by atomic mass is 9.90. The van der Waals surface area contributed by atoms with Crippen molar-refractivity contribution in [2.45, 2.75) is 26.7 Å². The molecule has 8 heteroatoms. The van der Waals surface area contributed by atoms with Crippen LogP contribution >= 0.6 is 23.2 Å². The largest absolute Gasteiger partial charge is 0.314 e. The van der Waals surface area contributed by atoms with Crippen LogP contribution in [0.3, 0.4) is 0 Å². The molecular weight excluding hydrogens is 314 g/mol. The average Bonchev–Trinajstić information content (AvgIpc) is 2.45. The fourth-order valence-corrected chi connectivity index (χ4v) is 4.10. The van der Waals surface area contributed by atoms with Crippen LogP contribution in [0.5, 0.6) is 0 Å². The fourth-order valence-electron chi connectivity index (χ4n) is 1.49. The molecule has 0 fully saturated rings. The summed E-state index contributed by atoms with van der Waals surface area (Å²) in [5, 5.41) is -0.792. The highest BCUT2D eigenvalue weighted by Crippen LogP contribution is 2.26. The molecule has 0 bridgehead atoms. The van der Waals surface area contributed by atoms with E-state index in [1.54, 1.807) is 0 Å². The first-order chi connectivity index (χ1) is 9.45. The molecule has 0 nitrogen and oxygen atoms in total. The quantitative estimate of drug-likeness (QED) is 0.316. The topological polar surface area (TPSA) is 0 Å². The van der Waals surface area contributed by atoms with E-state index in [-0.39, 0.29) is 0 Å². The van der Waals surface area contributed by atoms with Gasteiger partial charge >= 0.3 is 5.27 Å². The highest BCUT2D eigenvalue weighted by Gasteiger charge is 2.33. The summed E-state index contributed by atoms with van der Waals surface area (Å²) in [6.45, 7) is 3.76. The van der Waals surface area contributed by atoms with Crippen LogP contribution < -0.4 is 5.46 Å². The Bertz CT molecular complexity index is 433. The van der Waals surface area contributed by atoms with Crippen molar-refractivity contribution in [1.82, 2.24) is 0 Å². The maximum absolute atomic E-state index is 13.8. The summed E-state index contributed by atoms with van der Waals surface area (Å²) in [6.07, 6.45) is 1.51. The van der Waals surface area contributed by atoms with E-state index in [0.717, 1.165) is 12.8 Å². The standard InChI is InChI=1S/C12H14BF5S2/c1-3-5-19-13(20-6-4-2)7-8(14)10(16)12(18)11(17)9(7)15/h3-6H2,1-2H3. The minimum absolute atomic E-state index is 0.584. The van der Waals surface area contributed by atoms with Crippen molar-refractivity contribution in [1.29, 1.82) is 0 Å². The number of rotatable bonds is 7. The molecule has 1 aromatic carbocycles. The molecule has 0 spiro atoms. The Morgan fingerprint density at radius 2 is 1.05 bits per heavy atom. The Balaban J connectivity index is 3.24. The van der Waals surface area contributed by atoms with E-state index in [4.69, 9.17) is 0 Å². The second kappa shape index (κ2) is 8.17. The molecule has 0 radical (unpaired) electrons. The third-order valence-corrected chi connectivity index (χ3v) is 5.61. The molecule has 0 unspecified atom stereocenters. The van der Waals surface area contributed by atoms with Gasteiger partial charge < -0.3 is 0 Å². The maximum atomic E-state index is 13.8. The molecule has 0 N–H and O–H groups in total. The first-order valence-corrected chi connectivity index (χ1v) is 8.29. The normalized spacial score (nSPS) is 10.9. The van der Waals surface area contributed by atoms with E-state index in [0.29, 0.717) is 11.5 Å². The molecule has 1 aromatic rings. The summed E-state index contributed by atoms with van der Waals surface area (Å²) < 4.78 is 67.0. The third kappa shape index (κ3) is 3.84. The Morgan fingerprint density at radius 3 is 1.40 bits per heavy atom. The van der Waals surface area contributed by atoms with Gasteiger partial charge in [-0.05, 0) is 24.3 Å². The van der Waals surface area contributed by atoms with E-state index < -0.39 is 39.8 Å². The van der Waals surface area contributed by atoms with Gasteiger partial charge in [0.05, 0.1) is 0 Å². The maximum Gasteiger partial charge on any atom is 0.314 e. The molecule has 0 aliphatic heterocycles. The lowest BCUT2D eigenvalue weighted by Gasteiger charge is -2.15. The Hall–Kier alpha value is -0.365. The molecule has 1 rings (SSSR count). The van der Waals surface area contributed by atoms with Crippen LogP contribution in [0.2, 0.25) is 0 Å². The second-order valence-electron chi connectivity index (χ2n) is 4.06. The predicted octanol–water partition coefficient (Wildman–Crippen LogP) is 4.36. The lowest BCUT2D eigenvalue weighted by molar-refractivity contribution is 0.384.